The number of amides is 1. The van der Waals surface area contributed by atoms with E-state index in [1.807, 2.05) is 6.92 Å². The average Bonchev–Trinajstić information content (AvgIpc) is 2.80. The molecule has 3 aromatic rings. The first kappa shape index (κ1) is 24.1. The second-order valence-corrected chi connectivity index (χ2v) is 7.42. The molecule has 0 heterocycles. The standard InChI is InChI=1S/C24H20Cl2N2O5/c1-3-32-22-12-15(14-27-28-23(29)19-10-7-17(25)13-20(19)26)4-11-21(22)33-24(30)16-5-8-18(31-2)9-6-16/h4-14H,3H2,1-2H3,(H,28,29)/b27-14-. The van der Waals surface area contributed by atoms with Gasteiger partial charge in [-0.3, -0.25) is 4.79 Å². The highest BCUT2D eigenvalue weighted by atomic mass is 35.5. The number of hydrogen-bond donors (Lipinski definition) is 1. The molecule has 0 aromatic heterocycles. The predicted molar refractivity (Wildman–Crippen MR) is 127 cm³/mol. The van der Waals surface area contributed by atoms with Crippen LogP contribution in [0.2, 0.25) is 10.0 Å². The molecule has 1 amide bonds. The van der Waals surface area contributed by atoms with Crippen molar-refractivity contribution in [2.75, 3.05) is 13.7 Å². The highest BCUT2D eigenvalue weighted by Crippen LogP contribution is 2.29. The van der Waals surface area contributed by atoms with Gasteiger partial charge < -0.3 is 14.2 Å². The Hall–Kier alpha value is -3.55. The third-order valence-electron chi connectivity index (χ3n) is 4.35. The lowest BCUT2D eigenvalue weighted by Crippen LogP contribution is -2.18. The number of esters is 1. The largest absolute Gasteiger partial charge is 0.497 e. The van der Waals surface area contributed by atoms with Crippen LogP contribution in [0.3, 0.4) is 0 Å². The van der Waals surface area contributed by atoms with Gasteiger partial charge in [0.05, 0.1) is 36.1 Å². The molecule has 0 spiro atoms. The van der Waals surface area contributed by atoms with Gasteiger partial charge in [0.1, 0.15) is 5.75 Å². The fourth-order valence-corrected chi connectivity index (χ4v) is 3.24. The summed E-state index contributed by atoms with van der Waals surface area (Å²) < 4.78 is 16.2. The molecule has 0 fully saturated rings. The van der Waals surface area contributed by atoms with Crippen LogP contribution in [-0.2, 0) is 0 Å². The van der Waals surface area contributed by atoms with Gasteiger partial charge in [0, 0.05) is 5.02 Å². The molecule has 170 valence electrons. The van der Waals surface area contributed by atoms with Crippen LogP contribution < -0.4 is 19.6 Å². The summed E-state index contributed by atoms with van der Waals surface area (Å²) in [6.45, 7) is 2.17. The van der Waals surface area contributed by atoms with Crippen LogP contribution in [0.4, 0.5) is 0 Å². The van der Waals surface area contributed by atoms with Gasteiger partial charge in [0.25, 0.3) is 5.91 Å². The first-order chi connectivity index (χ1) is 15.9. The number of rotatable bonds is 8. The molecule has 3 aromatic carbocycles. The van der Waals surface area contributed by atoms with Crippen LogP contribution in [-0.4, -0.2) is 31.8 Å². The fourth-order valence-electron chi connectivity index (χ4n) is 2.74. The Morgan fingerprint density at radius 3 is 2.42 bits per heavy atom. The minimum absolute atomic E-state index is 0.219. The maximum atomic E-state index is 12.5. The Morgan fingerprint density at radius 2 is 1.76 bits per heavy atom. The van der Waals surface area contributed by atoms with Crippen LogP contribution in [0.5, 0.6) is 17.2 Å². The van der Waals surface area contributed by atoms with E-state index >= 15 is 0 Å². The average molecular weight is 487 g/mol. The number of ether oxygens (including phenoxy) is 3. The van der Waals surface area contributed by atoms with Gasteiger partial charge in [-0.2, -0.15) is 5.10 Å². The van der Waals surface area contributed by atoms with E-state index in [-0.39, 0.29) is 16.3 Å². The monoisotopic (exact) mass is 486 g/mol. The summed E-state index contributed by atoms with van der Waals surface area (Å²) in [5.74, 6) is 0.230. The predicted octanol–water partition coefficient (Wildman–Crippen LogP) is 5.38. The summed E-state index contributed by atoms with van der Waals surface area (Å²) in [7, 11) is 1.55. The fraction of sp³-hybridized carbons (Fsp3) is 0.125. The third-order valence-corrected chi connectivity index (χ3v) is 4.90. The van der Waals surface area contributed by atoms with Crippen molar-refractivity contribution in [2.24, 2.45) is 5.10 Å². The number of methoxy groups -OCH3 is 1. The maximum absolute atomic E-state index is 12.5. The molecule has 0 aliphatic carbocycles. The number of hydrogen-bond acceptors (Lipinski definition) is 6. The van der Waals surface area contributed by atoms with Gasteiger partial charge in [-0.25, -0.2) is 10.2 Å². The summed E-state index contributed by atoms with van der Waals surface area (Å²) in [5.41, 5.74) is 3.63. The lowest BCUT2D eigenvalue weighted by Gasteiger charge is -2.11. The van der Waals surface area contributed by atoms with E-state index in [0.29, 0.717) is 34.3 Å². The zero-order valence-electron chi connectivity index (χ0n) is 17.8. The Kier molecular flexibility index (Phi) is 8.29. The second kappa shape index (κ2) is 11.4. The number of halogens is 2. The summed E-state index contributed by atoms with van der Waals surface area (Å²) in [6.07, 6.45) is 1.43. The Labute approximate surface area is 200 Å². The molecule has 0 aliphatic rings. The van der Waals surface area contributed by atoms with E-state index in [1.54, 1.807) is 55.6 Å². The topological polar surface area (TPSA) is 86.2 Å². The molecule has 0 radical (unpaired) electrons. The minimum Gasteiger partial charge on any atom is -0.497 e. The van der Waals surface area contributed by atoms with Crippen molar-refractivity contribution in [3.8, 4) is 17.2 Å². The first-order valence-corrected chi connectivity index (χ1v) is 10.6. The van der Waals surface area contributed by atoms with E-state index in [4.69, 9.17) is 37.4 Å². The van der Waals surface area contributed by atoms with Gasteiger partial charge >= 0.3 is 5.97 Å². The Morgan fingerprint density at radius 1 is 1.00 bits per heavy atom. The second-order valence-electron chi connectivity index (χ2n) is 6.58. The van der Waals surface area contributed by atoms with Gasteiger partial charge in [0.2, 0.25) is 0 Å². The van der Waals surface area contributed by atoms with E-state index in [0.717, 1.165) is 0 Å². The highest BCUT2D eigenvalue weighted by Gasteiger charge is 2.14. The normalized spacial score (nSPS) is 10.7. The number of nitrogens with zero attached hydrogens (tertiary/aromatic N) is 1. The number of carbonyl (C=O) groups excluding carboxylic acids is 2. The van der Waals surface area contributed by atoms with Gasteiger partial charge in [-0.1, -0.05) is 23.2 Å². The molecule has 1 N–H and O–H groups in total. The van der Waals surface area contributed by atoms with E-state index in [9.17, 15) is 9.59 Å². The van der Waals surface area contributed by atoms with Crippen molar-refractivity contribution in [1.82, 2.24) is 5.43 Å². The number of nitrogens with one attached hydrogen (secondary N) is 1. The molecule has 3 rings (SSSR count). The third kappa shape index (κ3) is 6.47. The zero-order valence-corrected chi connectivity index (χ0v) is 19.3. The minimum atomic E-state index is -0.535. The molecular weight excluding hydrogens is 467 g/mol. The molecule has 0 saturated carbocycles. The molecule has 33 heavy (non-hydrogen) atoms. The Bertz CT molecular complexity index is 1180. The van der Waals surface area contributed by atoms with Crippen LogP contribution in [0, 0.1) is 0 Å². The molecular formula is C24H20Cl2N2O5. The van der Waals surface area contributed by atoms with E-state index in [2.05, 4.69) is 10.5 Å². The van der Waals surface area contributed by atoms with Gasteiger partial charge in [-0.15, -0.1) is 0 Å². The summed E-state index contributed by atoms with van der Waals surface area (Å²) in [5, 5.41) is 4.59. The number of carbonyl (C=O) groups is 2. The summed E-state index contributed by atoms with van der Waals surface area (Å²) in [4.78, 5) is 24.7. The van der Waals surface area contributed by atoms with Crippen molar-refractivity contribution in [3.05, 3.63) is 87.4 Å². The summed E-state index contributed by atoms with van der Waals surface area (Å²) in [6, 6.07) is 16.0. The molecule has 0 bridgehead atoms. The molecule has 0 saturated heterocycles. The van der Waals surface area contributed by atoms with Crippen LogP contribution in [0.1, 0.15) is 33.2 Å². The molecule has 9 heteroatoms. The van der Waals surface area contributed by atoms with Gasteiger partial charge in [0.15, 0.2) is 11.5 Å². The smallest absolute Gasteiger partial charge is 0.343 e. The Balaban J connectivity index is 1.70. The first-order valence-electron chi connectivity index (χ1n) is 9.82. The van der Waals surface area contributed by atoms with Crippen molar-refractivity contribution in [3.63, 3.8) is 0 Å². The lowest BCUT2D eigenvalue weighted by atomic mass is 10.2. The number of hydrazone groups is 1. The molecule has 0 atom stereocenters. The van der Waals surface area contributed by atoms with E-state index in [1.165, 1.54) is 18.3 Å². The van der Waals surface area contributed by atoms with Crippen molar-refractivity contribution in [1.29, 1.82) is 0 Å². The van der Waals surface area contributed by atoms with Crippen LogP contribution >= 0.6 is 23.2 Å². The molecule has 7 nitrogen and oxygen atoms in total. The van der Waals surface area contributed by atoms with Crippen molar-refractivity contribution in [2.45, 2.75) is 6.92 Å². The van der Waals surface area contributed by atoms with E-state index < -0.39 is 11.9 Å². The summed E-state index contributed by atoms with van der Waals surface area (Å²) >= 11 is 11.9. The van der Waals surface area contributed by atoms with Crippen LogP contribution in [0.15, 0.2) is 65.8 Å². The molecule has 0 aliphatic heterocycles. The lowest BCUT2D eigenvalue weighted by molar-refractivity contribution is 0.0728. The number of benzene rings is 3. The quantitative estimate of drug-likeness (QED) is 0.200. The van der Waals surface area contributed by atoms with Crippen molar-refractivity contribution >= 4 is 41.3 Å². The maximum Gasteiger partial charge on any atom is 0.343 e. The highest BCUT2D eigenvalue weighted by molar-refractivity contribution is 6.36. The zero-order chi connectivity index (χ0) is 23.8. The molecule has 0 unspecified atom stereocenters. The SMILES string of the molecule is CCOc1cc(/C=N\NC(=O)c2ccc(Cl)cc2Cl)ccc1OC(=O)c1ccc(OC)cc1. The van der Waals surface area contributed by atoms with Crippen molar-refractivity contribution < 1.29 is 23.8 Å². The van der Waals surface area contributed by atoms with Gasteiger partial charge in [-0.05, 0) is 73.2 Å². The van der Waals surface area contributed by atoms with Crippen LogP contribution in [0.25, 0.3) is 0 Å².